The van der Waals surface area contributed by atoms with Crippen molar-refractivity contribution in [2.24, 2.45) is 5.73 Å². The van der Waals surface area contributed by atoms with Crippen molar-refractivity contribution in [3.05, 3.63) is 135 Å². The molecule has 3 aromatic carbocycles. The van der Waals surface area contributed by atoms with Gasteiger partial charge < -0.3 is 15.4 Å². The number of primary amides is 1. The highest BCUT2D eigenvalue weighted by atomic mass is 16.5. The summed E-state index contributed by atoms with van der Waals surface area (Å²) in [6, 6.07) is 28.6. The molecular formula is C29H26N4O4. The maximum absolute atomic E-state index is 13.5. The van der Waals surface area contributed by atoms with E-state index in [4.69, 9.17) is 10.5 Å². The number of fused-ring (bicyclic) bond motifs is 1. The van der Waals surface area contributed by atoms with E-state index >= 15 is 0 Å². The maximum atomic E-state index is 13.5. The second kappa shape index (κ2) is 10.0. The molecule has 5 rings (SSSR count). The van der Waals surface area contributed by atoms with E-state index in [1.165, 1.54) is 11.1 Å². The van der Waals surface area contributed by atoms with Gasteiger partial charge in [-0.15, -0.1) is 0 Å². The molecule has 4 aromatic rings. The van der Waals surface area contributed by atoms with Crippen molar-refractivity contribution in [1.29, 1.82) is 0 Å². The number of nitrogens with zero attached hydrogens (tertiary/aromatic N) is 3. The van der Waals surface area contributed by atoms with Gasteiger partial charge in [-0.3, -0.25) is 24.1 Å². The van der Waals surface area contributed by atoms with Gasteiger partial charge >= 0.3 is 0 Å². The summed E-state index contributed by atoms with van der Waals surface area (Å²) in [7, 11) is 1.67. The Balaban J connectivity index is 1.72. The molecule has 2 N–H and O–H groups in total. The number of nitrogens with two attached hydrogens (primary N) is 1. The van der Waals surface area contributed by atoms with Gasteiger partial charge in [0, 0.05) is 13.2 Å². The van der Waals surface area contributed by atoms with Gasteiger partial charge in [0.15, 0.2) is 11.4 Å². The Morgan fingerprint density at radius 2 is 1.43 bits per heavy atom. The molecule has 1 aliphatic heterocycles. The predicted octanol–water partition coefficient (Wildman–Crippen LogP) is 3.30. The molecule has 2 amide bonds. The number of hydrogen-bond acceptors (Lipinski definition) is 5. The second-order valence-corrected chi connectivity index (χ2v) is 8.84. The summed E-state index contributed by atoms with van der Waals surface area (Å²) < 4.78 is 7.51. The lowest BCUT2D eigenvalue weighted by molar-refractivity contribution is 0.0721. The van der Waals surface area contributed by atoms with Crippen LogP contribution in [0.25, 0.3) is 0 Å². The van der Waals surface area contributed by atoms with Crippen LogP contribution in [0.15, 0.2) is 102 Å². The lowest BCUT2D eigenvalue weighted by atomic mass is 9.98. The Morgan fingerprint density at radius 1 is 0.892 bits per heavy atom. The number of aromatic nitrogens is 1. The van der Waals surface area contributed by atoms with Gasteiger partial charge in [0.05, 0.1) is 6.04 Å². The van der Waals surface area contributed by atoms with E-state index in [9.17, 15) is 14.4 Å². The highest BCUT2D eigenvalue weighted by molar-refractivity contribution is 5.99. The van der Waals surface area contributed by atoms with Crippen molar-refractivity contribution in [2.45, 2.75) is 12.6 Å². The SMILES string of the molecule is CN1CN(C(c2ccccc2)c2ccccc2)n2cc(C(N)=O)c(=O)c(OCc3ccccc3)c2C1=O. The van der Waals surface area contributed by atoms with Crippen LogP contribution in [0.3, 0.4) is 0 Å². The third-order valence-corrected chi connectivity index (χ3v) is 6.35. The summed E-state index contributed by atoms with van der Waals surface area (Å²) >= 11 is 0. The maximum Gasteiger partial charge on any atom is 0.277 e. The van der Waals surface area contributed by atoms with E-state index in [0.29, 0.717) is 0 Å². The van der Waals surface area contributed by atoms with Crippen molar-refractivity contribution in [3.8, 4) is 5.75 Å². The van der Waals surface area contributed by atoms with Crippen molar-refractivity contribution in [1.82, 2.24) is 9.58 Å². The Bertz CT molecular complexity index is 1450. The standard InChI is InChI=1S/C29H26N4O4/c1-31-19-33(24(21-13-7-3-8-14-21)22-15-9-4-10-16-22)32-17-23(28(30)35)26(34)27(25(32)29(31)36)37-18-20-11-5-2-6-12-20/h2-17,24H,18-19H2,1H3,(H2,30,35). The smallest absolute Gasteiger partial charge is 0.277 e. The second-order valence-electron chi connectivity index (χ2n) is 8.84. The minimum Gasteiger partial charge on any atom is -0.482 e. The third kappa shape index (κ3) is 4.56. The van der Waals surface area contributed by atoms with Gasteiger partial charge in [-0.1, -0.05) is 91.0 Å². The van der Waals surface area contributed by atoms with Gasteiger partial charge in [-0.25, -0.2) is 0 Å². The molecule has 0 atom stereocenters. The lowest BCUT2D eigenvalue weighted by Gasteiger charge is -2.43. The van der Waals surface area contributed by atoms with E-state index in [1.54, 1.807) is 11.7 Å². The topological polar surface area (TPSA) is 97.9 Å². The predicted molar refractivity (Wildman–Crippen MR) is 140 cm³/mol. The molecular weight excluding hydrogens is 468 g/mol. The fourth-order valence-electron chi connectivity index (χ4n) is 4.56. The summed E-state index contributed by atoms with van der Waals surface area (Å²) in [5.41, 5.74) is 7.42. The van der Waals surface area contributed by atoms with Crippen molar-refractivity contribution < 1.29 is 14.3 Å². The number of carbonyl (C=O) groups excluding carboxylic acids is 2. The Morgan fingerprint density at radius 3 is 1.97 bits per heavy atom. The number of rotatable bonds is 7. The molecule has 1 aromatic heterocycles. The summed E-state index contributed by atoms with van der Waals surface area (Å²) in [4.78, 5) is 40.7. The molecule has 186 valence electrons. The van der Waals surface area contributed by atoms with Gasteiger partial charge in [0.25, 0.3) is 11.8 Å². The van der Waals surface area contributed by atoms with Crippen molar-refractivity contribution in [2.75, 3.05) is 18.7 Å². The summed E-state index contributed by atoms with van der Waals surface area (Å²) in [5.74, 6) is -1.50. The van der Waals surface area contributed by atoms with Crippen LogP contribution in [-0.2, 0) is 6.61 Å². The molecule has 0 unspecified atom stereocenters. The first kappa shape index (κ1) is 23.9. The first-order valence-electron chi connectivity index (χ1n) is 11.8. The molecule has 0 fully saturated rings. The van der Waals surface area contributed by atoms with Crippen LogP contribution in [0.2, 0.25) is 0 Å². The van der Waals surface area contributed by atoms with Crippen LogP contribution < -0.4 is 20.9 Å². The number of amides is 2. The van der Waals surface area contributed by atoms with Crippen LogP contribution in [0.4, 0.5) is 0 Å². The van der Waals surface area contributed by atoms with Crippen LogP contribution in [-0.4, -0.2) is 35.1 Å². The average Bonchev–Trinajstić information content (AvgIpc) is 2.92. The monoisotopic (exact) mass is 494 g/mol. The normalized spacial score (nSPS) is 13.0. The summed E-state index contributed by atoms with van der Waals surface area (Å²) in [5, 5.41) is 1.92. The average molecular weight is 495 g/mol. The summed E-state index contributed by atoms with van der Waals surface area (Å²) in [6.45, 7) is 0.239. The van der Waals surface area contributed by atoms with Crippen LogP contribution in [0.1, 0.15) is 43.6 Å². The van der Waals surface area contributed by atoms with E-state index in [2.05, 4.69) is 0 Å². The zero-order chi connectivity index (χ0) is 25.9. The van der Waals surface area contributed by atoms with Gasteiger partial charge in [-0.05, 0) is 16.7 Å². The van der Waals surface area contributed by atoms with Crippen LogP contribution in [0, 0.1) is 0 Å². The largest absolute Gasteiger partial charge is 0.482 e. The van der Waals surface area contributed by atoms with Crippen LogP contribution in [0.5, 0.6) is 5.75 Å². The van der Waals surface area contributed by atoms with E-state index in [-0.39, 0.29) is 36.3 Å². The van der Waals surface area contributed by atoms with Crippen LogP contribution >= 0.6 is 0 Å². The van der Waals surface area contributed by atoms with Gasteiger partial charge in [-0.2, -0.15) is 0 Å². The number of ether oxygens (including phenoxy) is 1. The quantitative estimate of drug-likeness (QED) is 0.425. The molecule has 0 spiro atoms. The fourth-order valence-corrected chi connectivity index (χ4v) is 4.56. The molecule has 2 heterocycles. The lowest BCUT2D eigenvalue weighted by Crippen LogP contribution is -2.54. The number of hydrogen-bond donors (Lipinski definition) is 1. The molecule has 0 radical (unpaired) electrons. The molecule has 0 bridgehead atoms. The Kier molecular flexibility index (Phi) is 6.47. The highest BCUT2D eigenvalue weighted by Gasteiger charge is 2.37. The first-order chi connectivity index (χ1) is 18.0. The fraction of sp³-hybridized carbons (Fsp3) is 0.138. The molecule has 8 nitrogen and oxygen atoms in total. The Labute approximate surface area is 214 Å². The van der Waals surface area contributed by atoms with Crippen molar-refractivity contribution >= 4 is 11.8 Å². The molecule has 8 heteroatoms. The zero-order valence-electron chi connectivity index (χ0n) is 20.3. The minimum atomic E-state index is -0.896. The molecule has 0 aliphatic carbocycles. The Hall–Kier alpha value is -4.85. The molecule has 37 heavy (non-hydrogen) atoms. The minimum absolute atomic E-state index is 0.0385. The number of carbonyl (C=O) groups is 2. The highest BCUT2D eigenvalue weighted by Crippen LogP contribution is 2.32. The van der Waals surface area contributed by atoms with E-state index in [1.807, 2.05) is 96.0 Å². The zero-order valence-corrected chi connectivity index (χ0v) is 20.3. The van der Waals surface area contributed by atoms with Gasteiger partial charge in [0.1, 0.15) is 18.8 Å². The molecule has 1 aliphatic rings. The third-order valence-electron chi connectivity index (χ3n) is 6.35. The molecule has 0 saturated heterocycles. The van der Waals surface area contributed by atoms with Gasteiger partial charge in [0.2, 0.25) is 5.43 Å². The molecule has 0 saturated carbocycles. The van der Waals surface area contributed by atoms with E-state index < -0.39 is 17.2 Å². The van der Waals surface area contributed by atoms with E-state index in [0.717, 1.165) is 16.7 Å². The number of pyridine rings is 1. The number of benzene rings is 3. The first-order valence-corrected chi connectivity index (χ1v) is 11.8. The van der Waals surface area contributed by atoms with Crippen molar-refractivity contribution in [3.63, 3.8) is 0 Å². The summed E-state index contributed by atoms with van der Waals surface area (Å²) in [6.07, 6.45) is 1.35.